The van der Waals surface area contributed by atoms with Crippen molar-refractivity contribution in [1.82, 2.24) is 15.2 Å². The first kappa shape index (κ1) is 25.1. The van der Waals surface area contributed by atoms with Crippen LogP contribution in [0.2, 0.25) is 0 Å². The van der Waals surface area contributed by atoms with Crippen LogP contribution in [-0.2, 0) is 27.2 Å². The van der Waals surface area contributed by atoms with Gasteiger partial charge < -0.3 is 24.5 Å². The number of nitrogens with zero attached hydrogens (tertiary/aromatic N) is 2. The molecule has 9 nitrogen and oxygen atoms in total. The van der Waals surface area contributed by atoms with E-state index in [0.717, 1.165) is 40.2 Å². The van der Waals surface area contributed by atoms with Gasteiger partial charge in [0.2, 0.25) is 0 Å². The number of hydrogen-bond donors (Lipinski definition) is 2. The van der Waals surface area contributed by atoms with E-state index in [1.807, 2.05) is 31.2 Å². The van der Waals surface area contributed by atoms with Gasteiger partial charge in [-0.15, -0.1) is 11.3 Å². The number of nitrogens with one attached hydrogen (secondary N) is 2. The number of oxazole rings is 1. The van der Waals surface area contributed by atoms with Crippen molar-refractivity contribution < 1.29 is 18.7 Å². The Morgan fingerprint density at radius 3 is 3.09 bits per heavy atom. The van der Waals surface area contributed by atoms with E-state index in [2.05, 4.69) is 16.7 Å². The van der Waals surface area contributed by atoms with E-state index in [-0.39, 0.29) is 5.91 Å². The minimum Gasteiger partial charge on any atom is -0.408 e. The van der Waals surface area contributed by atoms with Crippen LogP contribution < -0.4 is 16.4 Å². The minimum atomic E-state index is -0.648. The number of hydrogen-bond acceptors (Lipinski definition) is 8. The van der Waals surface area contributed by atoms with Crippen LogP contribution in [0.4, 0.5) is 0 Å². The normalized spacial score (nSPS) is 17.1. The molecule has 2 aromatic heterocycles. The Hall–Kier alpha value is -2.97. The molecular formula is C25H30N4O5S. The molecule has 35 heavy (non-hydrogen) atoms. The molecule has 2 N–H and O–H groups in total. The molecular weight excluding hydrogens is 468 g/mol. The zero-order valence-electron chi connectivity index (χ0n) is 19.7. The van der Waals surface area contributed by atoms with E-state index >= 15 is 0 Å². The summed E-state index contributed by atoms with van der Waals surface area (Å²) in [6.07, 6.45) is 1.60. The number of ether oxygens (including phenoxy) is 2. The second-order valence-corrected chi connectivity index (χ2v) is 9.56. The first-order valence-corrected chi connectivity index (χ1v) is 12.7. The van der Waals surface area contributed by atoms with Crippen LogP contribution in [0, 0.1) is 11.3 Å². The van der Waals surface area contributed by atoms with Crippen molar-refractivity contribution in [1.29, 1.82) is 5.26 Å². The molecule has 1 amide bonds. The number of carbonyl (C=O) groups is 1. The first-order chi connectivity index (χ1) is 17.1. The third-order valence-corrected chi connectivity index (χ3v) is 6.89. The number of amides is 1. The lowest BCUT2D eigenvalue weighted by atomic mass is 10.1. The Morgan fingerprint density at radius 1 is 1.37 bits per heavy atom. The molecule has 0 bridgehead atoms. The fourth-order valence-electron chi connectivity index (χ4n) is 3.95. The summed E-state index contributed by atoms with van der Waals surface area (Å²) in [5.41, 5.74) is 2.21. The minimum absolute atomic E-state index is 0.269. The molecule has 0 aliphatic carbocycles. The van der Waals surface area contributed by atoms with Crippen LogP contribution in [0.5, 0.6) is 0 Å². The monoisotopic (exact) mass is 498 g/mol. The van der Waals surface area contributed by atoms with Crippen LogP contribution in [0.25, 0.3) is 21.5 Å². The van der Waals surface area contributed by atoms with E-state index in [9.17, 15) is 14.9 Å². The highest BCUT2D eigenvalue weighted by Gasteiger charge is 2.24. The lowest BCUT2D eigenvalue weighted by molar-refractivity contribution is -0.132. The molecule has 0 unspecified atom stereocenters. The van der Waals surface area contributed by atoms with Gasteiger partial charge in [0.05, 0.1) is 24.7 Å². The van der Waals surface area contributed by atoms with E-state index < -0.39 is 17.9 Å². The van der Waals surface area contributed by atoms with Gasteiger partial charge in [0.1, 0.15) is 12.1 Å². The molecule has 3 aromatic rings. The van der Waals surface area contributed by atoms with Gasteiger partial charge in [0, 0.05) is 35.9 Å². The summed E-state index contributed by atoms with van der Waals surface area (Å²) in [7, 11) is 0. The van der Waals surface area contributed by atoms with Gasteiger partial charge in [-0.1, -0.05) is 6.92 Å². The number of carbonyl (C=O) groups excluding carboxylic acids is 1. The SMILES string of the molecule is CCCOCCn1c(=O)oc2ccc(-c3ccc(C[C@@H](C#N)NC(=O)[C@@H]4CNCCCO4)s3)cc21. The van der Waals surface area contributed by atoms with Crippen LogP contribution >= 0.6 is 11.3 Å². The Kier molecular flexibility index (Phi) is 8.71. The molecule has 1 aliphatic rings. The number of aromatic nitrogens is 1. The Bertz CT molecular complexity index is 1230. The van der Waals surface area contributed by atoms with Crippen molar-refractivity contribution in [3.63, 3.8) is 0 Å². The largest absolute Gasteiger partial charge is 0.420 e. The standard InChI is InChI=1S/C25H30N4O5S/c1-2-10-32-12-9-29-20-13-17(4-6-21(20)34-25(29)31)23-7-5-19(35-23)14-18(15-26)28-24(30)22-16-27-8-3-11-33-22/h4-7,13,18,22,27H,2-3,8-12,14,16H2,1H3,(H,28,30)/t18-,22-/m0/s1. The van der Waals surface area contributed by atoms with Gasteiger partial charge in [0.15, 0.2) is 5.58 Å². The predicted molar refractivity (Wildman–Crippen MR) is 133 cm³/mol. The second-order valence-electron chi connectivity index (χ2n) is 8.39. The average molecular weight is 499 g/mol. The van der Waals surface area contributed by atoms with Gasteiger partial charge in [0.25, 0.3) is 5.91 Å². The van der Waals surface area contributed by atoms with Crippen LogP contribution in [0.1, 0.15) is 24.6 Å². The smallest absolute Gasteiger partial charge is 0.408 e. The summed E-state index contributed by atoms with van der Waals surface area (Å²) >= 11 is 1.55. The maximum Gasteiger partial charge on any atom is 0.420 e. The van der Waals surface area contributed by atoms with Gasteiger partial charge in [-0.3, -0.25) is 9.36 Å². The zero-order chi connectivity index (χ0) is 24.6. The van der Waals surface area contributed by atoms with Crippen molar-refractivity contribution in [2.24, 2.45) is 0 Å². The Morgan fingerprint density at radius 2 is 2.26 bits per heavy atom. The molecule has 1 aromatic carbocycles. The molecule has 0 spiro atoms. The molecule has 186 valence electrons. The maximum atomic E-state index is 12.5. The van der Waals surface area contributed by atoms with Gasteiger partial charge >= 0.3 is 5.76 Å². The van der Waals surface area contributed by atoms with E-state index in [1.54, 1.807) is 22.0 Å². The van der Waals surface area contributed by atoms with E-state index in [0.29, 0.717) is 44.9 Å². The highest BCUT2D eigenvalue weighted by atomic mass is 32.1. The van der Waals surface area contributed by atoms with Crippen LogP contribution in [0.3, 0.4) is 0 Å². The highest BCUT2D eigenvalue weighted by Crippen LogP contribution is 2.31. The van der Waals surface area contributed by atoms with Crippen molar-refractivity contribution in [2.75, 3.05) is 32.9 Å². The van der Waals surface area contributed by atoms with E-state index in [1.165, 1.54) is 0 Å². The highest BCUT2D eigenvalue weighted by molar-refractivity contribution is 7.15. The molecule has 2 atom stereocenters. The van der Waals surface area contributed by atoms with Crippen LogP contribution in [0.15, 0.2) is 39.5 Å². The van der Waals surface area contributed by atoms with Crippen molar-refractivity contribution in [2.45, 2.75) is 44.9 Å². The van der Waals surface area contributed by atoms with Crippen molar-refractivity contribution in [3.05, 3.63) is 45.8 Å². The molecule has 1 saturated heterocycles. The third-order valence-electron chi connectivity index (χ3n) is 5.74. The summed E-state index contributed by atoms with van der Waals surface area (Å²) < 4.78 is 18.1. The molecule has 3 heterocycles. The average Bonchev–Trinajstić information content (AvgIpc) is 3.33. The van der Waals surface area contributed by atoms with Gasteiger partial charge in [-0.2, -0.15) is 5.26 Å². The predicted octanol–water partition coefficient (Wildman–Crippen LogP) is 2.68. The maximum absolute atomic E-state index is 12.5. The van der Waals surface area contributed by atoms with Gasteiger partial charge in [-0.25, -0.2) is 4.79 Å². The topological polar surface area (TPSA) is 119 Å². The van der Waals surface area contributed by atoms with Crippen molar-refractivity contribution >= 4 is 28.3 Å². The Labute approximate surface area is 207 Å². The molecule has 0 radical (unpaired) electrons. The quantitative estimate of drug-likeness (QED) is 0.413. The fraction of sp³-hybridized carbons (Fsp3) is 0.480. The van der Waals surface area contributed by atoms with Crippen molar-refractivity contribution in [3.8, 4) is 16.5 Å². The summed E-state index contributed by atoms with van der Waals surface area (Å²) in [5.74, 6) is -0.668. The number of benzene rings is 1. The summed E-state index contributed by atoms with van der Waals surface area (Å²) in [4.78, 5) is 26.8. The number of nitriles is 1. The summed E-state index contributed by atoms with van der Waals surface area (Å²) in [5, 5.41) is 15.6. The lowest BCUT2D eigenvalue weighted by Crippen LogP contribution is -2.46. The van der Waals surface area contributed by atoms with Gasteiger partial charge in [-0.05, 0) is 55.3 Å². The lowest BCUT2D eigenvalue weighted by Gasteiger charge is -2.17. The third kappa shape index (κ3) is 6.38. The molecule has 1 fully saturated rings. The summed E-state index contributed by atoms with van der Waals surface area (Å²) in [6.45, 7) is 5.35. The number of fused-ring (bicyclic) bond motifs is 1. The molecule has 10 heteroatoms. The second kappa shape index (κ2) is 12.1. The number of thiophene rings is 1. The Balaban J connectivity index is 1.44. The molecule has 0 saturated carbocycles. The fourth-order valence-corrected chi connectivity index (χ4v) is 5.00. The van der Waals surface area contributed by atoms with Crippen LogP contribution in [-0.4, -0.2) is 55.5 Å². The summed E-state index contributed by atoms with van der Waals surface area (Å²) in [6, 6.07) is 11.1. The van der Waals surface area contributed by atoms with E-state index in [4.69, 9.17) is 13.9 Å². The zero-order valence-corrected chi connectivity index (χ0v) is 20.6. The number of rotatable bonds is 10. The molecule has 1 aliphatic heterocycles. The molecule has 4 rings (SSSR count). The first-order valence-electron chi connectivity index (χ1n) is 11.9.